The average Bonchev–Trinajstić information content (AvgIpc) is 3.10. The van der Waals surface area contributed by atoms with E-state index in [1.165, 1.54) is 18.9 Å². The molecule has 0 bridgehead atoms. The summed E-state index contributed by atoms with van der Waals surface area (Å²) in [5.74, 6) is 0.976. The van der Waals surface area contributed by atoms with Crippen molar-refractivity contribution in [3.05, 3.63) is 53.1 Å². The topological polar surface area (TPSA) is 107 Å². The van der Waals surface area contributed by atoms with Crippen LogP contribution in [0.2, 0.25) is 0 Å². The Bertz CT molecular complexity index is 1180. The second kappa shape index (κ2) is 10.7. The molecule has 1 saturated heterocycles. The van der Waals surface area contributed by atoms with Crippen molar-refractivity contribution in [3.63, 3.8) is 0 Å². The first-order valence-corrected chi connectivity index (χ1v) is 12.4. The van der Waals surface area contributed by atoms with Crippen LogP contribution in [0.15, 0.2) is 41.5 Å². The maximum atomic E-state index is 12.5. The molecule has 2 N–H and O–H groups in total. The second-order valence-electron chi connectivity index (χ2n) is 9.63. The van der Waals surface area contributed by atoms with Gasteiger partial charge in [0.25, 0.3) is 5.91 Å². The molecule has 2 aromatic rings. The summed E-state index contributed by atoms with van der Waals surface area (Å²) in [6, 6.07) is 11.6. The Hall–Kier alpha value is -3.79. The van der Waals surface area contributed by atoms with Crippen LogP contribution >= 0.6 is 0 Å². The number of nitrogens with zero attached hydrogens (tertiary/aromatic N) is 4. The molecule has 3 amide bonds. The van der Waals surface area contributed by atoms with Crippen LogP contribution in [0.1, 0.15) is 30.5 Å². The molecular weight excluding hydrogens is 474 g/mol. The fourth-order valence-corrected chi connectivity index (χ4v) is 4.67. The lowest BCUT2D eigenvalue weighted by Gasteiger charge is -2.38. The van der Waals surface area contributed by atoms with Crippen LogP contribution < -0.4 is 19.7 Å². The van der Waals surface area contributed by atoms with Crippen LogP contribution in [0, 0.1) is 0 Å². The standard InChI is InChI=1S/C27H35N5O5/c1-27(2,35)25(33)31-14-12-30(13-15-31)20-8-6-18(7-9-20)24-21-17-23(37-5)22(36-4)16-19(21)10-11-32(29-24)26(34)28-3/h6-9,16-17,35H,10-15H2,1-5H3,(H,28,34). The van der Waals surface area contributed by atoms with Gasteiger partial charge < -0.3 is 29.7 Å². The summed E-state index contributed by atoms with van der Waals surface area (Å²) in [6.45, 7) is 5.91. The number of nitrogens with one attached hydrogen (secondary N) is 1. The number of hydrazone groups is 1. The van der Waals surface area contributed by atoms with Crippen molar-refractivity contribution in [1.82, 2.24) is 15.2 Å². The van der Waals surface area contributed by atoms with Gasteiger partial charge >= 0.3 is 6.03 Å². The number of hydrogen-bond donors (Lipinski definition) is 2. The molecule has 0 atom stereocenters. The van der Waals surface area contributed by atoms with Crippen molar-refractivity contribution in [2.24, 2.45) is 5.10 Å². The molecule has 2 heterocycles. The monoisotopic (exact) mass is 509 g/mol. The minimum absolute atomic E-state index is 0.250. The lowest BCUT2D eigenvalue weighted by molar-refractivity contribution is -0.148. The van der Waals surface area contributed by atoms with Gasteiger partial charge in [-0.2, -0.15) is 5.10 Å². The number of aliphatic hydroxyl groups is 1. The Labute approximate surface area is 217 Å². The minimum Gasteiger partial charge on any atom is -0.493 e. The highest BCUT2D eigenvalue weighted by Gasteiger charge is 2.31. The molecule has 1 fully saturated rings. The maximum Gasteiger partial charge on any atom is 0.337 e. The minimum atomic E-state index is -1.37. The molecule has 2 aliphatic rings. The molecule has 10 nitrogen and oxygen atoms in total. The Kier molecular flexibility index (Phi) is 7.58. The highest BCUT2D eigenvalue weighted by molar-refractivity contribution is 6.14. The highest BCUT2D eigenvalue weighted by atomic mass is 16.5. The molecule has 0 aliphatic carbocycles. The molecular formula is C27H35N5O5. The van der Waals surface area contributed by atoms with Gasteiger partial charge in [0.2, 0.25) is 0 Å². The third-order valence-corrected chi connectivity index (χ3v) is 6.72. The fourth-order valence-electron chi connectivity index (χ4n) is 4.67. The second-order valence-corrected chi connectivity index (χ2v) is 9.63. The first-order chi connectivity index (χ1) is 17.7. The molecule has 0 spiro atoms. The van der Waals surface area contributed by atoms with Gasteiger partial charge in [0.05, 0.1) is 26.5 Å². The van der Waals surface area contributed by atoms with Crippen LogP contribution in [-0.2, 0) is 11.2 Å². The van der Waals surface area contributed by atoms with Gasteiger partial charge in [-0.1, -0.05) is 12.1 Å². The van der Waals surface area contributed by atoms with Crippen molar-refractivity contribution in [1.29, 1.82) is 0 Å². The predicted molar refractivity (Wildman–Crippen MR) is 142 cm³/mol. The van der Waals surface area contributed by atoms with Gasteiger partial charge in [0, 0.05) is 50.0 Å². The van der Waals surface area contributed by atoms with Crippen LogP contribution in [0.5, 0.6) is 11.5 Å². The Morgan fingerprint density at radius 2 is 1.59 bits per heavy atom. The Morgan fingerprint density at radius 3 is 2.16 bits per heavy atom. The van der Waals surface area contributed by atoms with E-state index in [9.17, 15) is 14.7 Å². The first kappa shape index (κ1) is 26.3. The van der Waals surface area contributed by atoms with Crippen molar-refractivity contribution >= 4 is 23.3 Å². The number of piperazine rings is 1. The number of rotatable bonds is 5. The number of carbonyl (C=O) groups excluding carboxylic acids is 2. The molecule has 0 aromatic heterocycles. The van der Waals surface area contributed by atoms with Crippen LogP contribution in [0.4, 0.5) is 10.5 Å². The Morgan fingerprint density at radius 1 is 0.973 bits per heavy atom. The van der Waals surface area contributed by atoms with E-state index >= 15 is 0 Å². The van der Waals surface area contributed by atoms with Crippen molar-refractivity contribution in [3.8, 4) is 11.5 Å². The normalized spacial score (nSPS) is 15.9. The molecule has 10 heteroatoms. The highest BCUT2D eigenvalue weighted by Crippen LogP contribution is 2.34. The van der Waals surface area contributed by atoms with E-state index < -0.39 is 5.60 Å². The molecule has 4 rings (SSSR count). The number of urea groups is 1. The van der Waals surface area contributed by atoms with E-state index in [1.54, 1.807) is 26.2 Å². The molecule has 198 valence electrons. The lowest BCUT2D eigenvalue weighted by atomic mass is 9.95. The van der Waals surface area contributed by atoms with Crippen LogP contribution in [0.3, 0.4) is 0 Å². The number of amides is 3. The van der Waals surface area contributed by atoms with E-state index in [0.29, 0.717) is 56.4 Å². The smallest absolute Gasteiger partial charge is 0.337 e. The zero-order valence-electron chi connectivity index (χ0n) is 22.1. The summed E-state index contributed by atoms with van der Waals surface area (Å²) in [5, 5.41) is 18.9. The molecule has 37 heavy (non-hydrogen) atoms. The Balaban J connectivity index is 1.62. The number of carbonyl (C=O) groups is 2. The summed E-state index contributed by atoms with van der Waals surface area (Å²) in [7, 11) is 4.79. The van der Waals surface area contributed by atoms with E-state index in [0.717, 1.165) is 22.4 Å². The van der Waals surface area contributed by atoms with Crippen molar-refractivity contribution in [2.45, 2.75) is 25.9 Å². The van der Waals surface area contributed by atoms with Gasteiger partial charge in [-0.05, 0) is 50.1 Å². The van der Waals surface area contributed by atoms with Crippen LogP contribution in [-0.4, -0.2) is 92.3 Å². The van der Waals surface area contributed by atoms with Gasteiger partial charge in [-0.15, -0.1) is 0 Å². The third-order valence-electron chi connectivity index (χ3n) is 6.72. The van der Waals surface area contributed by atoms with Crippen molar-refractivity contribution < 1.29 is 24.2 Å². The summed E-state index contributed by atoms with van der Waals surface area (Å²) in [4.78, 5) is 28.8. The molecule has 2 aliphatic heterocycles. The zero-order chi connectivity index (χ0) is 26.7. The quantitative estimate of drug-likeness (QED) is 0.639. The van der Waals surface area contributed by atoms with Gasteiger partial charge in [-0.3, -0.25) is 4.79 Å². The van der Waals surface area contributed by atoms with Gasteiger partial charge in [-0.25, -0.2) is 9.80 Å². The number of benzene rings is 2. The SMILES string of the molecule is CNC(=O)N1CCc2cc(OC)c(OC)cc2C(c2ccc(N3CCN(C(=O)C(C)(C)O)CC3)cc2)=N1. The number of hydrogen-bond acceptors (Lipinski definition) is 7. The summed E-state index contributed by atoms with van der Waals surface area (Å²) >= 11 is 0. The lowest BCUT2D eigenvalue weighted by Crippen LogP contribution is -2.54. The predicted octanol–water partition coefficient (Wildman–Crippen LogP) is 2.07. The molecule has 2 aromatic carbocycles. The number of methoxy groups -OCH3 is 2. The summed E-state index contributed by atoms with van der Waals surface area (Å²) in [6.07, 6.45) is 0.613. The number of anilines is 1. The van der Waals surface area contributed by atoms with Crippen molar-refractivity contribution in [2.75, 3.05) is 58.9 Å². The largest absolute Gasteiger partial charge is 0.493 e. The zero-order valence-corrected chi connectivity index (χ0v) is 22.1. The van der Waals surface area contributed by atoms with Crippen LogP contribution in [0.25, 0.3) is 0 Å². The summed E-state index contributed by atoms with van der Waals surface area (Å²) in [5.41, 5.74) is 3.10. The van der Waals surface area contributed by atoms with E-state index in [-0.39, 0.29) is 11.9 Å². The van der Waals surface area contributed by atoms with E-state index in [4.69, 9.17) is 14.6 Å². The van der Waals surface area contributed by atoms with E-state index in [2.05, 4.69) is 10.2 Å². The molecule has 0 radical (unpaired) electrons. The maximum absolute atomic E-state index is 12.5. The first-order valence-electron chi connectivity index (χ1n) is 12.4. The molecule has 0 saturated carbocycles. The van der Waals surface area contributed by atoms with E-state index in [1.807, 2.05) is 36.4 Å². The number of ether oxygens (including phenoxy) is 2. The third kappa shape index (κ3) is 5.48. The van der Waals surface area contributed by atoms with Gasteiger partial charge in [0.15, 0.2) is 11.5 Å². The average molecular weight is 510 g/mol. The molecule has 0 unspecified atom stereocenters. The van der Waals surface area contributed by atoms with Gasteiger partial charge in [0.1, 0.15) is 5.60 Å². The number of fused-ring (bicyclic) bond motifs is 1. The fraction of sp³-hybridized carbons (Fsp3) is 0.444. The summed E-state index contributed by atoms with van der Waals surface area (Å²) < 4.78 is 11.0.